The van der Waals surface area contributed by atoms with Crippen LogP contribution in [0.5, 0.6) is 0 Å². The van der Waals surface area contributed by atoms with Gasteiger partial charge in [0.1, 0.15) is 0 Å². The molecule has 0 saturated carbocycles. The zero-order valence-electron chi connectivity index (χ0n) is 12.6. The van der Waals surface area contributed by atoms with Gasteiger partial charge in [0, 0.05) is 19.5 Å². The topological polar surface area (TPSA) is 32.3 Å². The monoisotopic (exact) mass is 288 g/mol. The summed E-state index contributed by atoms with van der Waals surface area (Å²) in [6.07, 6.45) is 4.44. The fourth-order valence-corrected chi connectivity index (χ4v) is 3.26. The molecule has 2 aliphatic rings. The van der Waals surface area contributed by atoms with E-state index in [-0.39, 0.29) is 12.4 Å². The first-order valence-electron chi connectivity index (χ1n) is 7.46. The fraction of sp³-hybridized carbons (Fsp3) is 0.933. The van der Waals surface area contributed by atoms with Crippen LogP contribution >= 0.6 is 12.4 Å². The third-order valence-corrected chi connectivity index (χ3v) is 4.67. The number of carbonyl (C=O) groups is 1. The average Bonchev–Trinajstić information content (AvgIpc) is 2.71. The molecule has 1 amide bonds. The zero-order valence-corrected chi connectivity index (χ0v) is 13.4. The van der Waals surface area contributed by atoms with Gasteiger partial charge in [-0.1, -0.05) is 20.8 Å². The lowest BCUT2D eigenvalue weighted by Crippen LogP contribution is -2.37. The van der Waals surface area contributed by atoms with Crippen LogP contribution < -0.4 is 5.32 Å². The van der Waals surface area contributed by atoms with E-state index in [2.05, 4.69) is 31.0 Å². The molecule has 19 heavy (non-hydrogen) atoms. The maximum Gasteiger partial charge on any atom is 0.222 e. The van der Waals surface area contributed by atoms with Gasteiger partial charge in [-0.2, -0.15) is 0 Å². The summed E-state index contributed by atoms with van der Waals surface area (Å²) in [5.41, 5.74) is 0.325. The second-order valence-corrected chi connectivity index (χ2v) is 7.02. The summed E-state index contributed by atoms with van der Waals surface area (Å²) >= 11 is 0. The summed E-state index contributed by atoms with van der Waals surface area (Å²) in [7, 11) is 0. The van der Waals surface area contributed by atoms with Crippen molar-refractivity contribution in [2.24, 2.45) is 17.3 Å². The quantitative estimate of drug-likeness (QED) is 0.866. The lowest BCUT2D eigenvalue weighted by molar-refractivity contribution is -0.131. The van der Waals surface area contributed by atoms with Crippen LogP contribution in [0.4, 0.5) is 0 Å². The van der Waals surface area contributed by atoms with Crippen LogP contribution in [0.25, 0.3) is 0 Å². The Hall–Kier alpha value is -0.280. The number of amides is 1. The molecule has 1 N–H and O–H groups in total. The van der Waals surface area contributed by atoms with Gasteiger partial charge < -0.3 is 10.2 Å². The van der Waals surface area contributed by atoms with E-state index in [9.17, 15) is 4.79 Å². The van der Waals surface area contributed by atoms with Crippen LogP contribution in [0, 0.1) is 17.3 Å². The smallest absolute Gasteiger partial charge is 0.222 e. The maximum absolute atomic E-state index is 12.3. The van der Waals surface area contributed by atoms with E-state index in [4.69, 9.17) is 0 Å². The van der Waals surface area contributed by atoms with E-state index < -0.39 is 0 Å². The van der Waals surface area contributed by atoms with E-state index in [0.717, 1.165) is 39.0 Å². The Morgan fingerprint density at radius 1 is 1.47 bits per heavy atom. The number of nitrogens with zero attached hydrogens (tertiary/aromatic N) is 1. The Morgan fingerprint density at radius 3 is 2.74 bits per heavy atom. The first-order valence-corrected chi connectivity index (χ1v) is 7.46. The van der Waals surface area contributed by atoms with Crippen molar-refractivity contribution in [3.8, 4) is 0 Å². The van der Waals surface area contributed by atoms with Crippen LogP contribution in [-0.2, 0) is 4.79 Å². The van der Waals surface area contributed by atoms with Gasteiger partial charge in [-0.25, -0.2) is 0 Å². The molecule has 4 heteroatoms. The summed E-state index contributed by atoms with van der Waals surface area (Å²) in [5.74, 6) is 1.59. The number of halogens is 1. The summed E-state index contributed by atoms with van der Waals surface area (Å²) in [6.45, 7) is 10.9. The number of carbonyl (C=O) groups excluding carboxylic acids is 1. The fourth-order valence-electron chi connectivity index (χ4n) is 3.26. The molecule has 2 rings (SSSR count). The highest BCUT2D eigenvalue weighted by Gasteiger charge is 2.33. The normalized spacial score (nSPS) is 27.7. The Balaban J connectivity index is 0.00000180. The van der Waals surface area contributed by atoms with Gasteiger partial charge in [0.15, 0.2) is 0 Å². The van der Waals surface area contributed by atoms with Gasteiger partial charge in [-0.05, 0) is 49.6 Å². The first kappa shape index (κ1) is 16.8. The number of hydrogen-bond donors (Lipinski definition) is 1. The minimum Gasteiger partial charge on any atom is -0.342 e. The number of nitrogens with one attached hydrogen (secondary N) is 1. The molecule has 2 saturated heterocycles. The Bertz CT molecular complexity index is 301. The van der Waals surface area contributed by atoms with Crippen molar-refractivity contribution in [2.45, 2.75) is 46.5 Å². The average molecular weight is 289 g/mol. The number of hydrogen-bond acceptors (Lipinski definition) is 2. The van der Waals surface area contributed by atoms with Crippen molar-refractivity contribution in [2.75, 3.05) is 26.2 Å². The molecule has 0 spiro atoms. The lowest BCUT2D eigenvalue weighted by Gasteiger charge is -2.29. The summed E-state index contributed by atoms with van der Waals surface area (Å²) in [4.78, 5) is 14.4. The molecule has 2 heterocycles. The molecular weight excluding hydrogens is 260 g/mol. The molecule has 0 aromatic heterocycles. The highest BCUT2D eigenvalue weighted by molar-refractivity contribution is 5.85. The molecule has 0 radical (unpaired) electrons. The Morgan fingerprint density at radius 2 is 2.21 bits per heavy atom. The Labute approximate surface area is 123 Å². The van der Waals surface area contributed by atoms with Crippen LogP contribution in [-0.4, -0.2) is 37.0 Å². The minimum atomic E-state index is 0. The van der Waals surface area contributed by atoms with Crippen LogP contribution in [0.3, 0.4) is 0 Å². The van der Waals surface area contributed by atoms with Gasteiger partial charge >= 0.3 is 0 Å². The molecule has 2 unspecified atom stereocenters. The molecule has 2 atom stereocenters. The number of rotatable bonds is 3. The van der Waals surface area contributed by atoms with Gasteiger partial charge in [0.2, 0.25) is 5.91 Å². The van der Waals surface area contributed by atoms with E-state index in [1.807, 2.05) is 0 Å². The van der Waals surface area contributed by atoms with E-state index in [1.165, 1.54) is 12.8 Å². The largest absolute Gasteiger partial charge is 0.342 e. The van der Waals surface area contributed by atoms with Gasteiger partial charge in [-0.15, -0.1) is 12.4 Å². The van der Waals surface area contributed by atoms with E-state index >= 15 is 0 Å². The maximum atomic E-state index is 12.3. The standard InChI is InChI=1S/C15H28N2O.ClH/c1-12(13-5-4-7-16-10-13)9-14(18)17-8-6-15(2,3)11-17;/h12-13,16H,4-11H2,1-3H3;1H. The third-order valence-electron chi connectivity index (χ3n) is 4.67. The molecule has 0 bridgehead atoms. The van der Waals surface area contributed by atoms with Crippen molar-refractivity contribution in [3.63, 3.8) is 0 Å². The van der Waals surface area contributed by atoms with Crippen molar-refractivity contribution in [1.29, 1.82) is 0 Å². The van der Waals surface area contributed by atoms with E-state index in [0.29, 0.717) is 23.2 Å². The van der Waals surface area contributed by atoms with Crippen LogP contribution in [0.2, 0.25) is 0 Å². The predicted octanol–water partition coefficient (Wildman–Crippen LogP) is 2.69. The zero-order chi connectivity index (χ0) is 13.2. The summed E-state index contributed by atoms with van der Waals surface area (Å²) in [6, 6.07) is 0. The second kappa shape index (κ2) is 6.94. The third kappa shape index (κ3) is 4.64. The molecule has 0 aliphatic carbocycles. The molecule has 0 aromatic carbocycles. The van der Waals surface area contributed by atoms with Crippen LogP contribution in [0.1, 0.15) is 46.5 Å². The van der Waals surface area contributed by atoms with Crippen molar-refractivity contribution in [3.05, 3.63) is 0 Å². The van der Waals surface area contributed by atoms with Gasteiger partial charge in [0.05, 0.1) is 0 Å². The number of likely N-dealkylation sites (tertiary alicyclic amines) is 1. The molecule has 0 aromatic rings. The molecule has 112 valence electrons. The van der Waals surface area contributed by atoms with E-state index in [1.54, 1.807) is 0 Å². The van der Waals surface area contributed by atoms with Crippen molar-refractivity contribution < 1.29 is 4.79 Å². The van der Waals surface area contributed by atoms with Gasteiger partial charge in [0.25, 0.3) is 0 Å². The predicted molar refractivity (Wildman–Crippen MR) is 81.6 cm³/mol. The summed E-state index contributed by atoms with van der Waals surface area (Å²) < 4.78 is 0. The first-order chi connectivity index (χ1) is 8.48. The SMILES string of the molecule is CC(CC(=O)N1CCC(C)(C)C1)C1CCCNC1.Cl. The van der Waals surface area contributed by atoms with Crippen molar-refractivity contribution >= 4 is 18.3 Å². The number of piperidine rings is 1. The molecule has 3 nitrogen and oxygen atoms in total. The highest BCUT2D eigenvalue weighted by atomic mass is 35.5. The molecule has 2 aliphatic heterocycles. The van der Waals surface area contributed by atoms with Gasteiger partial charge in [-0.3, -0.25) is 4.79 Å². The highest BCUT2D eigenvalue weighted by Crippen LogP contribution is 2.30. The van der Waals surface area contributed by atoms with Crippen molar-refractivity contribution in [1.82, 2.24) is 10.2 Å². The molecule has 2 fully saturated rings. The lowest BCUT2D eigenvalue weighted by atomic mass is 9.85. The Kier molecular flexibility index (Phi) is 6.13. The van der Waals surface area contributed by atoms with Crippen LogP contribution in [0.15, 0.2) is 0 Å². The minimum absolute atomic E-state index is 0. The molecular formula is C15H29ClN2O. The second-order valence-electron chi connectivity index (χ2n) is 7.02. The summed E-state index contributed by atoms with van der Waals surface area (Å²) in [5, 5.41) is 3.45.